The third-order valence-electron chi connectivity index (χ3n) is 3.92. The maximum atomic E-state index is 12.2. The van der Waals surface area contributed by atoms with Crippen molar-refractivity contribution in [3.8, 4) is 0 Å². The van der Waals surface area contributed by atoms with Crippen LogP contribution >= 0.6 is 0 Å². The van der Waals surface area contributed by atoms with E-state index in [-0.39, 0.29) is 11.9 Å². The van der Waals surface area contributed by atoms with Gasteiger partial charge < -0.3 is 4.74 Å². The lowest BCUT2D eigenvalue weighted by molar-refractivity contribution is 0.0444. The summed E-state index contributed by atoms with van der Waals surface area (Å²) in [6, 6.07) is 24.0. The number of carbonyl (C=O) groups is 1. The van der Waals surface area contributed by atoms with E-state index in [0.29, 0.717) is 13.0 Å². The van der Waals surface area contributed by atoms with Crippen LogP contribution in [0.15, 0.2) is 72.8 Å². The van der Waals surface area contributed by atoms with E-state index in [9.17, 15) is 4.79 Å². The van der Waals surface area contributed by atoms with E-state index in [1.165, 1.54) is 10.8 Å². The van der Waals surface area contributed by atoms with E-state index in [2.05, 4.69) is 30.3 Å². The molecule has 0 aliphatic rings. The minimum absolute atomic E-state index is 0.103. The van der Waals surface area contributed by atoms with Gasteiger partial charge in [0.15, 0.2) is 5.78 Å². The Hall–Kier alpha value is -2.45. The van der Waals surface area contributed by atoms with Gasteiger partial charge in [-0.2, -0.15) is 0 Å². The van der Waals surface area contributed by atoms with Crippen molar-refractivity contribution in [1.82, 2.24) is 0 Å². The van der Waals surface area contributed by atoms with Gasteiger partial charge in [-0.1, -0.05) is 66.7 Å². The Kier molecular flexibility index (Phi) is 4.84. The summed E-state index contributed by atoms with van der Waals surface area (Å²) in [5.41, 5.74) is 1.87. The van der Waals surface area contributed by atoms with E-state index in [0.717, 1.165) is 11.1 Å². The minimum atomic E-state index is -0.103. The van der Waals surface area contributed by atoms with Crippen molar-refractivity contribution in [1.29, 1.82) is 0 Å². The van der Waals surface area contributed by atoms with E-state index >= 15 is 0 Å². The number of fused-ring (bicyclic) bond motifs is 1. The first-order valence-electron chi connectivity index (χ1n) is 7.90. The molecule has 0 aromatic heterocycles. The highest BCUT2D eigenvalue weighted by Crippen LogP contribution is 2.17. The molecule has 1 atom stereocenters. The molecule has 0 N–H and O–H groups in total. The second-order valence-electron chi connectivity index (χ2n) is 5.80. The van der Waals surface area contributed by atoms with Gasteiger partial charge in [-0.25, -0.2) is 0 Å². The Balaban J connectivity index is 1.57. The molecule has 0 saturated carbocycles. The molecule has 1 unspecified atom stereocenters. The van der Waals surface area contributed by atoms with Crippen LogP contribution in [0.5, 0.6) is 0 Å². The Morgan fingerprint density at radius 1 is 0.913 bits per heavy atom. The molecule has 116 valence electrons. The minimum Gasteiger partial charge on any atom is -0.373 e. The molecule has 3 aromatic carbocycles. The van der Waals surface area contributed by atoms with E-state index < -0.39 is 0 Å². The van der Waals surface area contributed by atoms with Gasteiger partial charge in [0.2, 0.25) is 0 Å². The molecule has 0 bridgehead atoms. The second-order valence-corrected chi connectivity index (χ2v) is 5.80. The lowest BCUT2D eigenvalue weighted by atomic mass is 10.1. The maximum Gasteiger partial charge on any atom is 0.165 e. The van der Waals surface area contributed by atoms with Gasteiger partial charge >= 0.3 is 0 Å². The zero-order valence-corrected chi connectivity index (χ0v) is 13.2. The van der Waals surface area contributed by atoms with Gasteiger partial charge in [0.1, 0.15) is 0 Å². The molecule has 0 aliphatic carbocycles. The van der Waals surface area contributed by atoms with Crippen LogP contribution < -0.4 is 0 Å². The van der Waals surface area contributed by atoms with Gasteiger partial charge in [-0.3, -0.25) is 4.79 Å². The van der Waals surface area contributed by atoms with Crippen molar-refractivity contribution < 1.29 is 9.53 Å². The second kappa shape index (κ2) is 7.21. The molecule has 23 heavy (non-hydrogen) atoms. The monoisotopic (exact) mass is 304 g/mol. The fourth-order valence-electron chi connectivity index (χ4n) is 2.63. The van der Waals surface area contributed by atoms with Crippen molar-refractivity contribution in [3.63, 3.8) is 0 Å². The zero-order chi connectivity index (χ0) is 16.1. The van der Waals surface area contributed by atoms with Crippen LogP contribution in [0, 0.1) is 0 Å². The molecule has 0 heterocycles. The zero-order valence-electron chi connectivity index (χ0n) is 13.2. The molecular weight excluding hydrogens is 284 g/mol. The van der Waals surface area contributed by atoms with Crippen molar-refractivity contribution >= 4 is 16.6 Å². The average Bonchev–Trinajstić information content (AvgIpc) is 2.60. The maximum absolute atomic E-state index is 12.2. The predicted molar refractivity (Wildman–Crippen MR) is 93.6 cm³/mol. The van der Waals surface area contributed by atoms with Crippen LogP contribution in [0.3, 0.4) is 0 Å². The van der Waals surface area contributed by atoms with Crippen LogP contribution in [0.25, 0.3) is 10.8 Å². The van der Waals surface area contributed by atoms with Crippen LogP contribution in [-0.2, 0) is 11.3 Å². The molecule has 0 radical (unpaired) electrons. The summed E-state index contributed by atoms with van der Waals surface area (Å²) in [5.74, 6) is 0.122. The van der Waals surface area contributed by atoms with Crippen molar-refractivity contribution in [3.05, 3.63) is 83.9 Å². The number of Topliss-reactive ketones (excluding diaryl/α,β-unsaturated/α-hetero) is 1. The summed E-state index contributed by atoms with van der Waals surface area (Å²) in [7, 11) is 0. The Morgan fingerprint density at radius 3 is 2.39 bits per heavy atom. The van der Waals surface area contributed by atoms with Gasteiger partial charge in [0, 0.05) is 12.0 Å². The molecule has 3 rings (SSSR count). The van der Waals surface area contributed by atoms with Crippen LogP contribution in [-0.4, -0.2) is 11.9 Å². The third kappa shape index (κ3) is 4.05. The lowest BCUT2D eigenvalue weighted by Gasteiger charge is -2.13. The fourth-order valence-corrected chi connectivity index (χ4v) is 2.63. The Labute approximate surface area is 136 Å². The highest BCUT2D eigenvalue weighted by Gasteiger charge is 2.11. The summed E-state index contributed by atoms with van der Waals surface area (Å²) < 4.78 is 5.85. The number of ether oxygens (including phenoxy) is 1. The first-order chi connectivity index (χ1) is 11.2. The molecule has 0 aliphatic heterocycles. The molecule has 3 aromatic rings. The van der Waals surface area contributed by atoms with Crippen LogP contribution in [0.1, 0.15) is 29.3 Å². The number of hydrogen-bond acceptors (Lipinski definition) is 2. The van der Waals surface area contributed by atoms with Crippen LogP contribution in [0.2, 0.25) is 0 Å². The smallest absolute Gasteiger partial charge is 0.165 e. The molecule has 0 fully saturated rings. The normalized spacial score (nSPS) is 12.2. The highest BCUT2D eigenvalue weighted by molar-refractivity contribution is 5.96. The average molecular weight is 304 g/mol. The quantitative estimate of drug-likeness (QED) is 0.598. The van der Waals surface area contributed by atoms with Gasteiger partial charge in [-0.15, -0.1) is 0 Å². The largest absolute Gasteiger partial charge is 0.373 e. The molecular formula is C21H20O2. The first-order valence-corrected chi connectivity index (χ1v) is 7.90. The topological polar surface area (TPSA) is 26.3 Å². The van der Waals surface area contributed by atoms with Crippen molar-refractivity contribution in [2.24, 2.45) is 0 Å². The van der Waals surface area contributed by atoms with Gasteiger partial charge in [-0.05, 0) is 29.3 Å². The highest BCUT2D eigenvalue weighted by atomic mass is 16.5. The van der Waals surface area contributed by atoms with E-state index in [1.54, 1.807) is 0 Å². The molecule has 2 nitrogen and oxygen atoms in total. The third-order valence-corrected chi connectivity index (χ3v) is 3.92. The van der Waals surface area contributed by atoms with E-state index in [1.807, 2.05) is 49.4 Å². The number of hydrogen-bond donors (Lipinski definition) is 0. The summed E-state index contributed by atoms with van der Waals surface area (Å²) >= 11 is 0. The van der Waals surface area contributed by atoms with E-state index in [4.69, 9.17) is 4.74 Å². The van der Waals surface area contributed by atoms with Gasteiger partial charge in [0.25, 0.3) is 0 Å². The number of carbonyl (C=O) groups excluding carboxylic acids is 1. The van der Waals surface area contributed by atoms with Gasteiger partial charge in [0.05, 0.1) is 12.7 Å². The number of ketones is 1. The summed E-state index contributed by atoms with van der Waals surface area (Å²) in [6.07, 6.45) is 0.298. The fraction of sp³-hybridized carbons (Fsp3) is 0.190. The lowest BCUT2D eigenvalue weighted by Crippen LogP contribution is -2.14. The summed E-state index contributed by atoms with van der Waals surface area (Å²) in [6.45, 7) is 2.47. The van der Waals surface area contributed by atoms with Crippen molar-refractivity contribution in [2.75, 3.05) is 0 Å². The molecule has 0 amide bonds. The SMILES string of the molecule is CC(CC(=O)c1ccccc1)OCc1ccc2ccccc2c1. The van der Waals surface area contributed by atoms with Crippen LogP contribution in [0.4, 0.5) is 0 Å². The Bertz CT molecular complexity index is 793. The predicted octanol–water partition coefficient (Wildman–Crippen LogP) is 5.02. The van der Waals surface area contributed by atoms with Crippen molar-refractivity contribution in [2.45, 2.75) is 26.1 Å². The summed E-state index contributed by atoms with van der Waals surface area (Å²) in [5, 5.41) is 2.44. The number of benzene rings is 3. The Morgan fingerprint density at radius 2 is 1.61 bits per heavy atom. The molecule has 0 spiro atoms. The molecule has 0 saturated heterocycles. The summed E-state index contributed by atoms with van der Waals surface area (Å²) in [4.78, 5) is 12.2. The number of rotatable bonds is 6. The molecule has 2 heteroatoms. The standard InChI is InChI=1S/C21H20O2/c1-16(13-21(22)19-8-3-2-4-9-19)23-15-17-11-12-18-7-5-6-10-20(18)14-17/h2-12,14,16H,13,15H2,1H3. The first kappa shape index (κ1) is 15.4.